The van der Waals surface area contributed by atoms with Crippen molar-refractivity contribution in [2.24, 2.45) is 5.10 Å². The van der Waals surface area contributed by atoms with E-state index in [1.54, 1.807) is 12.3 Å². The molecule has 178 valence electrons. The molecule has 5 nitrogen and oxygen atoms in total. The van der Waals surface area contributed by atoms with E-state index in [0.29, 0.717) is 28.4 Å². The Balaban J connectivity index is 1.49. The number of ether oxygens (including phenoxy) is 1. The molecule has 0 saturated carbocycles. The molecule has 36 heavy (non-hydrogen) atoms. The molecule has 5 rings (SSSR count). The summed E-state index contributed by atoms with van der Waals surface area (Å²) in [6.45, 7) is 0.440. The second kappa shape index (κ2) is 11.1. The SMILES string of the molecule is O=c1c2ccccc2nc(-c2ccccc2)n1N=Cc1cc(I)c(OCc2ccc(Cl)cc2)c(I)c1. The average molecular weight is 718 g/mol. The molecule has 0 bridgehead atoms. The summed E-state index contributed by atoms with van der Waals surface area (Å²) in [5.74, 6) is 1.29. The van der Waals surface area contributed by atoms with Crippen LogP contribution in [0.1, 0.15) is 11.1 Å². The van der Waals surface area contributed by atoms with E-state index in [1.165, 1.54) is 4.68 Å². The molecule has 0 aliphatic carbocycles. The fourth-order valence-electron chi connectivity index (χ4n) is 3.66. The number of fused-ring (bicyclic) bond motifs is 1. The van der Waals surface area contributed by atoms with Crippen LogP contribution in [0.3, 0.4) is 0 Å². The second-order valence-electron chi connectivity index (χ2n) is 7.91. The summed E-state index contributed by atoms with van der Waals surface area (Å²) < 4.78 is 9.34. The zero-order chi connectivity index (χ0) is 25.1. The Hall–Kier alpha value is -2.76. The highest BCUT2D eigenvalue weighted by atomic mass is 127. The Kier molecular flexibility index (Phi) is 7.68. The molecule has 0 fully saturated rings. The molecule has 0 amide bonds. The van der Waals surface area contributed by atoms with Gasteiger partial charge in [0.15, 0.2) is 5.82 Å². The highest BCUT2D eigenvalue weighted by molar-refractivity contribution is 14.1. The lowest BCUT2D eigenvalue weighted by atomic mass is 10.2. The van der Waals surface area contributed by atoms with E-state index >= 15 is 0 Å². The van der Waals surface area contributed by atoms with Crippen LogP contribution < -0.4 is 10.3 Å². The largest absolute Gasteiger partial charge is 0.487 e. The van der Waals surface area contributed by atoms with Crippen molar-refractivity contribution in [1.82, 2.24) is 9.66 Å². The number of benzene rings is 4. The number of hydrogen-bond donors (Lipinski definition) is 0. The van der Waals surface area contributed by atoms with Crippen molar-refractivity contribution in [2.75, 3.05) is 0 Å². The van der Waals surface area contributed by atoms with E-state index in [4.69, 9.17) is 21.3 Å². The van der Waals surface area contributed by atoms with Gasteiger partial charge >= 0.3 is 0 Å². The highest BCUT2D eigenvalue weighted by Gasteiger charge is 2.13. The third-order valence-corrected chi connectivity index (χ3v) is 7.28. The molecule has 4 aromatic carbocycles. The average Bonchev–Trinajstić information content (AvgIpc) is 2.89. The summed E-state index contributed by atoms with van der Waals surface area (Å²) in [5, 5.41) is 5.79. The van der Waals surface area contributed by atoms with Crippen molar-refractivity contribution in [3.05, 3.63) is 125 Å². The normalized spacial score (nSPS) is 11.3. The quantitative estimate of drug-likeness (QED) is 0.136. The van der Waals surface area contributed by atoms with Gasteiger partial charge in [-0.25, -0.2) is 4.98 Å². The van der Waals surface area contributed by atoms with Gasteiger partial charge in [-0.05, 0) is 92.7 Å². The number of halogens is 3. The molecule has 0 spiro atoms. The van der Waals surface area contributed by atoms with Crippen LogP contribution in [0.5, 0.6) is 5.75 Å². The predicted molar refractivity (Wildman–Crippen MR) is 162 cm³/mol. The van der Waals surface area contributed by atoms with Gasteiger partial charge in [0, 0.05) is 10.6 Å². The van der Waals surface area contributed by atoms with Crippen LogP contribution in [0, 0.1) is 7.14 Å². The molecule has 0 aliphatic heterocycles. The topological polar surface area (TPSA) is 56.5 Å². The minimum atomic E-state index is -0.219. The van der Waals surface area contributed by atoms with Crippen LogP contribution in [0.25, 0.3) is 22.3 Å². The predicted octanol–water partition coefficient (Wildman–Crippen LogP) is 7.39. The lowest BCUT2D eigenvalue weighted by Crippen LogP contribution is -2.20. The number of para-hydroxylation sites is 1. The Morgan fingerprint density at radius 1 is 0.917 bits per heavy atom. The van der Waals surface area contributed by atoms with Crippen LogP contribution in [-0.4, -0.2) is 15.9 Å². The number of hydrogen-bond acceptors (Lipinski definition) is 4. The van der Waals surface area contributed by atoms with Gasteiger partial charge in [0.1, 0.15) is 12.4 Å². The zero-order valence-electron chi connectivity index (χ0n) is 18.7. The summed E-state index contributed by atoms with van der Waals surface area (Å²) in [4.78, 5) is 18.1. The molecule has 0 unspecified atom stereocenters. The van der Waals surface area contributed by atoms with Gasteiger partial charge in [0.05, 0.1) is 24.3 Å². The zero-order valence-corrected chi connectivity index (χ0v) is 23.8. The van der Waals surface area contributed by atoms with Crippen molar-refractivity contribution in [3.63, 3.8) is 0 Å². The van der Waals surface area contributed by atoms with E-state index in [9.17, 15) is 4.79 Å². The summed E-state index contributed by atoms with van der Waals surface area (Å²) >= 11 is 10.5. The van der Waals surface area contributed by atoms with Crippen molar-refractivity contribution < 1.29 is 4.74 Å². The molecule has 0 atom stereocenters. The number of nitrogens with zero attached hydrogens (tertiary/aromatic N) is 3. The summed E-state index contributed by atoms with van der Waals surface area (Å²) in [5.41, 5.74) is 3.12. The maximum atomic E-state index is 13.4. The molecule has 0 radical (unpaired) electrons. The number of aromatic nitrogens is 2. The van der Waals surface area contributed by atoms with Crippen LogP contribution in [-0.2, 0) is 6.61 Å². The van der Waals surface area contributed by atoms with Gasteiger partial charge < -0.3 is 4.74 Å². The van der Waals surface area contributed by atoms with E-state index in [1.807, 2.05) is 84.9 Å². The molecule has 5 aromatic rings. The van der Waals surface area contributed by atoms with E-state index in [-0.39, 0.29) is 5.56 Å². The van der Waals surface area contributed by atoms with Gasteiger partial charge in [0.2, 0.25) is 0 Å². The molecule has 0 aliphatic rings. The van der Waals surface area contributed by atoms with Gasteiger partial charge in [0.25, 0.3) is 5.56 Å². The second-order valence-corrected chi connectivity index (χ2v) is 10.7. The van der Waals surface area contributed by atoms with Crippen molar-refractivity contribution >= 4 is 73.9 Å². The first-order valence-corrected chi connectivity index (χ1v) is 13.5. The smallest absolute Gasteiger partial charge is 0.282 e. The molecule has 1 aromatic heterocycles. The highest BCUT2D eigenvalue weighted by Crippen LogP contribution is 2.29. The third kappa shape index (κ3) is 5.47. The van der Waals surface area contributed by atoms with Crippen LogP contribution >= 0.6 is 56.8 Å². The first kappa shape index (κ1) is 24.9. The molecule has 0 N–H and O–H groups in total. The first-order chi connectivity index (χ1) is 17.5. The Bertz CT molecular complexity index is 1610. The maximum absolute atomic E-state index is 13.4. The lowest BCUT2D eigenvalue weighted by Gasteiger charge is -2.12. The summed E-state index contributed by atoms with van der Waals surface area (Å²) in [6.07, 6.45) is 1.68. The molecule has 1 heterocycles. The minimum Gasteiger partial charge on any atom is -0.487 e. The first-order valence-electron chi connectivity index (χ1n) is 11.0. The van der Waals surface area contributed by atoms with Crippen LogP contribution in [0.4, 0.5) is 0 Å². The third-order valence-electron chi connectivity index (χ3n) is 5.43. The molecule has 0 saturated heterocycles. The van der Waals surface area contributed by atoms with Crippen molar-refractivity contribution in [1.29, 1.82) is 0 Å². The summed E-state index contributed by atoms with van der Waals surface area (Å²) in [6, 6.07) is 28.4. The van der Waals surface area contributed by atoms with Crippen LogP contribution in [0.15, 0.2) is 101 Å². The maximum Gasteiger partial charge on any atom is 0.282 e. The van der Waals surface area contributed by atoms with Gasteiger partial charge in [-0.15, -0.1) is 0 Å². The molecule has 8 heteroatoms. The monoisotopic (exact) mass is 717 g/mol. The van der Waals surface area contributed by atoms with Gasteiger partial charge in [-0.2, -0.15) is 9.78 Å². The Morgan fingerprint density at radius 2 is 1.58 bits per heavy atom. The fraction of sp³-hybridized carbons (Fsp3) is 0.0357. The Labute approximate surface area is 240 Å². The molecular formula is C28H18ClI2N3O2. The minimum absolute atomic E-state index is 0.219. The van der Waals surface area contributed by atoms with E-state index in [0.717, 1.165) is 29.6 Å². The van der Waals surface area contributed by atoms with Gasteiger partial charge in [-0.1, -0.05) is 66.2 Å². The standard InChI is InChI=1S/C28H18ClI2N3O2/c29-21-12-10-18(11-13-21)17-36-26-23(30)14-19(15-24(26)31)16-32-34-27(20-6-2-1-3-7-20)33-25-9-5-4-8-22(25)28(34)35/h1-16H,17H2. The van der Waals surface area contributed by atoms with Crippen molar-refractivity contribution in [3.8, 4) is 17.1 Å². The lowest BCUT2D eigenvalue weighted by molar-refractivity contribution is 0.302. The summed E-state index contributed by atoms with van der Waals surface area (Å²) in [7, 11) is 0. The van der Waals surface area contributed by atoms with Crippen molar-refractivity contribution in [2.45, 2.75) is 6.61 Å². The number of rotatable bonds is 6. The van der Waals surface area contributed by atoms with E-state index in [2.05, 4.69) is 50.3 Å². The fourth-order valence-corrected chi connectivity index (χ4v) is 5.91. The van der Waals surface area contributed by atoms with E-state index < -0.39 is 0 Å². The van der Waals surface area contributed by atoms with Crippen LogP contribution in [0.2, 0.25) is 5.02 Å². The molecular weight excluding hydrogens is 700 g/mol. The Morgan fingerprint density at radius 3 is 2.31 bits per heavy atom. The van der Waals surface area contributed by atoms with Gasteiger partial charge in [-0.3, -0.25) is 4.79 Å².